The first-order valence-electron chi connectivity index (χ1n) is 6.67. The molecule has 0 saturated carbocycles. The molecule has 0 fully saturated rings. The summed E-state index contributed by atoms with van der Waals surface area (Å²) in [6.45, 7) is 5.20. The number of aliphatic carboxylic acids is 1. The van der Waals surface area contributed by atoms with Crippen molar-refractivity contribution in [2.24, 2.45) is 0 Å². The quantitative estimate of drug-likeness (QED) is 0.871. The molecule has 0 aliphatic rings. The Labute approximate surface area is 123 Å². The Bertz CT molecular complexity index is 523. The largest absolute Gasteiger partial charge is 0.481 e. The molecule has 0 radical (unpaired) electrons. The molecule has 1 rings (SSSR count). The minimum Gasteiger partial charge on any atom is -0.481 e. The molecule has 1 aromatic carbocycles. The number of amides is 1. The number of carboxylic acid groups (broad SMARTS) is 1. The average molecular weight is 297 g/mol. The summed E-state index contributed by atoms with van der Waals surface area (Å²) in [5, 5.41) is 11.0. The summed E-state index contributed by atoms with van der Waals surface area (Å²) in [6.07, 6.45) is 0.0494. The number of carbonyl (C=O) groups is 2. The number of halogens is 1. The van der Waals surface area contributed by atoms with Gasteiger partial charge >= 0.3 is 12.1 Å². The molecule has 0 unspecified atom stereocenters. The Morgan fingerprint density at radius 2 is 2.00 bits per heavy atom. The van der Waals surface area contributed by atoms with Crippen LogP contribution < -0.4 is 5.32 Å². The van der Waals surface area contributed by atoms with Crippen molar-refractivity contribution < 1.29 is 23.8 Å². The van der Waals surface area contributed by atoms with Gasteiger partial charge in [-0.1, -0.05) is 6.07 Å². The van der Waals surface area contributed by atoms with Crippen molar-refractivity contribution in [3.8, 4) is 0 Å². The summed E-state index contributed by atoms with van der Waals surface area (Å²) in [7, 11) is 0. The average Bonchev–Trinajstić information content (AvgIpc) is 2.28. The lowest BCUT2D eigenvalue weighted by molar-refractivity contribution is -0.137. The highest BCUT2D eigenvalue weighted by Gasteiger charge is 2.16. The number of rotatable bonds is 5. The second kappa shape index (κ2) is 7.06. The van der Waals surface area contributed by atoms with Crippen molar-refractivity contribution in [1.82, 2.24) is 0 Å². The first kappa shape index (κ1) is 16.9. The van der Waals surface area contributed by atoms with Crippen LogP contribution in [0.3, 0.4) is 0 Å². The number of nitrogens with one attached hydrogen (secondary N) is 1. The van der Waals surface area contributed by atoms with E-state index in [1.165, 1.54) is 12.1 Å². The molecule has 0 aliphatic carbocycles. The normalized spacial score (nSPS) is 11.0. The first-order valence-corrected chi connectivity index (χ1v) is 6.67. The summed E-state index contributed by atoms with van der Waals surface area (Å²) >= 11 is 0. The Morgan fingerprint density at radius 1 is 1.33 bits per heavy atom. The fourth-order valence-electron chi connectivity index (χ4n) is 1.68. The van der Waals surface area contributed by atoms with Crippen LogP contribution in [0.4, 0.5) is 14.9 Å². The smallest absolute Gasteiger partial charge is 0.412 e. The van der Waals surface area contributed by atoms with E-state index in [1.54, 1.807) is 26.8 Å². The number of anilines is 1. The maximum Gasteiger partial charge on any atom is 0.412 e. The van der Waals surface area contributed by atoms with Crippen molar-refractivity contribution in [2.75, 3.05) is 5.32 Å². The van der Waals surface area contributed by atoms with Gasteiger partial charge in [-0.2, -0.15) is 0 Å². The van der Waals surface area contributed by atoms with Crippen LogP contribution in [-0.4, -0.2) is 22.8 Å². The molecule has 6 heteroatoms. The Morgan fingerprint density at radius 3 is 2.52 bits per heavy atom. The van der Waals surface area contributed by atoms with E-state index in [0.717, 1.165) is 0 Å². The third-order valence-corrected chi connectivity index (χ3v) is 2.54. The second-order valence-corrected chi connectivity index (χ2v) is 5.68. The zero-order valence-electron chi connectivity index (χ0n) is 12.4. The van der Waals surface area contributed by atoms with Gasteiger partial charge in [0.1, 0.15) is 11.4 Å². The third kappa shape index (κ3) is 6.74. The van der Waals surface area contributed by atoms with E-state index in [0.29, 0.717) is 24.1 Å². The van der Waals surface area contributed by atoms with Crippen molar-refractivity contribution in [1.29, 1.82) is 0 Å². The lowest BCUT2D eigenvalue weighted by atomic mass is 10.1. The first-order chi connectivity index (χ1) is 9.67. The number of ether oxygens (including phenoxy) is 1. The molecule has 0 bridgehead atoms. The van der Waals surface area contributed by atoms with Gasteiger partial charge in [0, 0.05) is 12.1 Å². The van der Waals surface area contributed by atoms with Crippen LogP contribution in [0.1, 0.15) is 39.2 Å². The minimum atomic E-state index is -0.904. The molecular weight excluding hydrogens is 277 g/mol. The highest BCUT2D eigenvalue weighted by Crippen LogP contribution is 2.18. The van der Waals surface area contributed by atoms with Crippen LogP contribution in [0.25, 0.3) is 0 Å². The van der Waals surface area contributed by atoms with Crippen molar-refractivity contribution >= 4 is 17.7 Å². The Kier molecular flexibility index (Phi) is 5.69. The van der Waals surface area contributed by atoms with Gasteiger partial charge in [0.2, 0.25) is 0 Å². The lowest BCUT2D eigenvalue weighted by Crippen LogP contribution is -2.27. The standard InChI is InChI=1S/C15H20FNO4/c1-15(2,3)21-14(20)17-11-8-7-10(12(16)9-11)5-4-6-13(18)19/h7-9H,4-6H2,1-3H3,(H,17,20)(H,18,19). The highest BCUT2D eigenvalue weighted by atomic mass is 19.1. The predicted octanol–water partition coefficient (Wildman–Crippen LogP) is 3.58. The van der Waals surface area contributed by atoms with Gasteiger partial charge in [-0.25, -0.2) is 9.18 Å². The molecular formula is C15H20FNO4. The summed E-state index contributed by atoms with van der Waals surface area (Å²) in [5.41, 5.74) is 0.0917. The number of hydrogen-bond acceptors (Lipinski definition) is 3. The van der Waals surface area contributed by atoms with E-state index in [9.17, 15) is 14.0 Å². The molecule has 0 aliphatic heterocycles. The summed E-state index contributed by atoms with van der Waals surface area (Å²) < 4.78 is 18.9. The van der Waals surface area contributed by atoms with Crippen LogP contribution in [0, 0.1) is 5.82 Å². The number of hydrogen-bond donors (Lipinski definition) is 2. The number of carbonyl (C=O) groups excluding carboxylic acids is 1. The Balaban J connectivity index is 2.61. The number of aryl methyl sites for hydroxylation is 1. The summed E-state index contributed by atoms with van der Waals surface area (Å²) in [5.74, 6) is -1.38. The topological polar surface area (TPSA) is 75.6 Å². The number of carboxylic acids is 1. The van der Waals surface area contributed by atoms with Gasteiger partial charge < -0.3 is 9.84 Å². The second-order valence-electron chi connectivity index (χ2n) is 5.68. The fraction of sp³-hybridized carbons (Fsp3) is 0.467. The van der Waals surface area contributed by atoms with Crippen molar-refractivity contribution in [2.45, 2.75) is 45.6 Å². The van der Waals surface area contributed by atoms with Gasteiger partial charge in [-0.05, 0) is 51.3 Å². The SMILES string of the molecule is CC(C)(C)OC(=O)Nc1ccc(CCCC(=O)O)c(F)c1. The van der Waals surface area contributed by atoms with Crippen LogP contribution in [0.15, 0.2) is 18.2 Å². The highest BCUT2D eigenvalue weighted by molar-refractivity contribution is 5.84. The lowest BCUT2D eigenvalue weighted by Gasteiger charge is -2.19. The van der Waals surface area contributed by atoms with Gasteiger partial charge in [0.05, 0.1) is 0 Å². The molecule has 21 heavy (non-hydrogen) atoms. The molecule has 1 amide bonds. The predicted molar refractivity (Wildman–Crippen MR) is 76.8 cm³/mol. The molecule has 0 saturated heterocycles. The zero-order valence-corrected chi connectivity index (χ0v) is 12.4. The van der Waals surface area contributed by atoms with Crippen LogP contribution in [-0.2, 0) is 16.0 Å². The maximum atomic E-state index is 13.8. The Hall–Kier alpha value is -2.11. The molecule has 0 spiro atoms. The summed E-state index contributed by atoms with van der Waals surface area (Å²) in [6, 6.07) is 4.28. The van der Waals surface area contributed by atoms with E-state index in [2.05, 4.69) is 5.32 Å². The van der Waals surface area contributed by atoms with Crippen molar-refractivity contribution in [3.05, 3.63) is 29.6 Å². The molecule has 0 heterocycles. The molecule has 0 aromatic heterocycles. The third-order valence-electron chi connectivity index (χ3n) is 2.54. The van der Waals surface area contributed by atoms with E-state index < -0.39 is 23.5 Å². The molecule has 0 atom stereocenters. The zero-order chi connectivity index (χ0) is 16.0. The maximum absolute atomic E-state index is 13.8. The molecule has 5 nitrogen and oxygen atoms in total. The van der Waals surface area contributed by atoms with Gasteiger partial charge in [-0.3, -0.25) is 10.1 Å². The van der Waals surface area contributed by atoms with Crippen LogP contribution in [0.2, 0.25) is 0 Å². The molecule has 116 valence electrons. The van der Waals surface area contributed by atoms with E-state index >= 15 is 0 Å². The van der Waals surface area contributed by atoms with E-state index in [1.807, 2.05) is 0 Å². The van der Waals surface area contributed by atoms with Gasteiger partial charge in [0.25, 0.3) is 0 Å². The minimum absolute atomic E-state index is 0.00263. The van der Waals surface area contributed by atoms with Gasteiger partial charge in [-0.15, -0.1) is 0 Å². The van der Waals surface area contributed by atoms with E-state index in [4.69, 9.17) is 9.84 Å². The number of benzene rings is 1. The van der Waals surface area contributed by atoms with Crippen molar-refractivity contribution in [3.63, 3.8) is 0 Å². The van der Waals surface area contributed by atoms with Crippen LogP contribution >= 0.6 is 0 Å². The van der Waals surface area contributed by atoms with Crippen LogP contribution in [0.5, 0.6) is 0 Å². The molecule has 1 aromatic rings. The van der Waals surface area contributed by atoms with E-state index in [-0.39, 0.29) is 6.42 Å². The summed E-state index contributed by atoms with van der Waals surface area (Å²) in [4.78, 5) is 22.0. The van der Waals surface area contributed by atoms with Gasteiger partial charge in [0.15, 0.2) is 0 Å². The fourth-order valence-corrected chi connectivity index (χ4v) is 1.68. The molecule has 2 N–H and O–H groups in total. The monoisotopic (exact) mass is 297 g/mol.